The Morgan fingerprint density at radius 3 is 2.53 bits per heavy atom. The number of anilines is 2. The Bertz CT molecular complexity index is 301. The fourth-order valence-electron chi connectivity index (χ4n) is 1.09. The Hall–Kier alpha value is -0.490. The monoisotopic (exact) mass is 290 g/mol. The van der Waals surface area contributed by atoms with E-state index in [0.29, 0.717) is 21.6 Å². The van der Waals surface area contributed by atoms with Crippen molar-refractivity contribution in [3.63, 3.8) is 0 Å². The molecule has 1 aromatic heterocycles. The van der Waals surface area contributed by atoms with E-state index in [1.165, 1.54) is 0 Å². The molecule has 4 nitrogen and oxygen atoms in total. The molecule has 0 aromatic carbocycles. The van der Waals surface area contributed by atoms with Gasteiger partial charge in [-0.3, -0.25) is 0 Å². The number of nitrogen functional groups attached to an aromatic ring is 2. The number of nitrogens with two attached hydrogens (primary N) is 2. The zero-order valence-corrected chi connectivity index (χ0v) is 11.0. The molecule has 0 aliphatic carbocycles. The molecule has 0 bridgehead atoms. The molecule has 1 aromatic rings. The van der Waals surface area contributed by atoms with Crippen LogP contribution in [-0.4, -0.2) is 20.5 Å². The molecule has 84 valence electrons. The van der Waals surface area contributed by atoms with Crippen LogP contribution in [0.4, 0.5) is 11.6 Å². The molecule has 0 radical (unpaired) electrons. The van der Waals surface area contributed by atoms with Gasteiger partial charge in [-0.1, -0.05) is 41.0 Å². The number of aromatic nitrogens is 2. The van der Waals surface area contributed by atoms with Crippen molar-refractivity contribution < 1.29 is 0 Å². The van der Waals surface area contributed by atoms with E-state index in [0.717, 1.165) is 18.6 Å². The molecule has 0 saturated heterocycles. The van der Waals surface area contributed by atoms with Crippen LogP contribution < -0.4 is 11.5 Å². The lowest BCUT2D eigenvalue weighted by molar-refractivity contribution is 0.801. The second-order valence-electron chi connectivity index (χ2n) is 3.20. The van der Waals surface area contributed by atoms with E-state index >= 15 is 0 Å². The molecule has 0 fully saturated rings. The van der Waals surface area contributed by atoms with E-state index in [2.05, 4.69) is 32.8 Å². The quantitative estimate of drug-likeness (QED) is 0.494. The van der Waals surface area contributed by atoms with Crippen molar-refractivity contribution in [3.05, 3.63) is 6.07 Å². The van der Waals surface area contributed by atoms with Crippen molar-refractivity contribution in [2.24, 2.45) is 0 Å². The van der Waals surface area contributed by atoms with Gasteiger partial charge in [0.2, 0.25) is 0 Å². The number of hydrogen-bond donors (Lipinski definition) is 2. The molecule has 1 unspecified atom stereocenters. The molecule has 0 spiro atoms. The largest absolute Gasteiger partial charge is 0.383 e. The van der Waals surface area contributed by atoms with E-state index in [9.17, 15) is 0 Å². The molecule has 6 heteroatoms. The summed E-state index contributed by atoms with van der Waals surface area (Å²) in [5.41, 5.74) is 11.1. The van der Waals surface area contributed by atoms with Crippen LogP contribution in [0.1, 0.15) is 19.8 Å². The maximum Gasteiger partial charge on any atom is 0.191 e. The van der Waals surface area contributed by atoms with Gasteiger partial charge in [0.05, 0.1) is 0 Å². The average Bonchev–Trinajstić information content (AvgIpc) is 2.14. The lowest BCUT2D eigenvalue weighted by Crippen LogP contribution is -2.03. The zero-order valence-electron chi connectivity index (χ0n) is 8.61. The number of rotatable bonds is 5. The summed E-state index contributed by atoms with van der Waals surface area (Å²) in [6, 6.07) is 1.56. The van der Waals surface area contributed by atoms with Gasteiger partial charge >= 0.3 is 0 Å². The third-order valence-corrected chi connectivity index (χ3v) is 3.96. The van der Waals surface area contributed by atoms with Crippen LogP contribution in [0.15, 0.2) is 11.2 Å². The van der Waals surface area contributed by atoms with Crippen molar-refractivity contribution in [3.8, 4) is 0 Å². The van der Waals surface area contributed by atoms with Gasteiger partial charge in [0.15, 0.2) is 5.16 Å². The summed E-state index contributed by atoms with van der Waals surface area (Å²) in [4.78, 5) is 8.67. The molecule has 0 saturated carbocycles. The number of nitrogens with zero attached hydrogens (tertiary/aromatic N) is 2. The minimum absolute atomic E-state index is 0.423. The lowest BCUT2D eigenvalue weighted by Gasteiger charge is -2.07. The fourth-order valence-corrected chi connectivity index (χ4v) is 2.78. The molecular weight excluding hydrogens is 276 g/mol. The standard InChI is InChI=1S/C9H15BrN4S/c1-2-3-6(10)5-15-9-13-7(11)4-8(12)14-9/h4,6H,2-3,5H2,1H3,(H4,11,12,13,14). The third-order valence-electron chi connectivity index (χ3n) is 1.74. The first-order chi connectivity index (χ1) is 7.11. The number of thioether (sulfide) groups is 1. The Balaban J connectivity index is 2.50. The minimum atomic E-state index is 0.423. The first-order valence-corrected chi connectivity index (χ1v) is 6.69. The van der Waals surface area contributed by atoms with Crippen LogP contribution >= 0.6 is 27.7 Å². The molecule has 0 aliphatic rings. The van der Waals surface area contributed by atoms with Crippen LogP contribution in [0.5, 0.6) is 0 Å². The van der Waals surface area contributed by atoms with Crippen LogP contribution in [-0.2, 0) is 0 Å². The van der Waals surface area contributed by atoms with E-state index in [1.54, 1.807) is 17.8 Å². The Kier molecular flexibility index (Phi) is 5.17. The van der Waals surface area contributed by atoms with Crippen molar-refractivity contribution in [2.75, 3.05) is 17.2 Å². The maximum atomic E-state index is 5.57. The predicted molar refractivity (Wildman–Crippen MR) is 69.2 cm³/mol. The van der Waals surface area contributed by atoms with Gasteiger partial charge in [-0.15, -0.1) is 0 Å². The van der Waals surface area contributed by atoms with Crippen molar-refractivity contribution in [1.29, 1.82) is 0 Å². The highest BCUT2D eigenvalue weighted by Crippen LogP contribution is 2.21. The molecule has 0 aliphatic heterocycles. The fraction of sp³-hybridized carbons (Fsp3) is 0.556. The highest BCUT2D eigenvalue weighted by molar-refractivity contribution is 9.09. The van der Waals surface area contributed by atoms with E-state index in [-0.39, 0.29) is 0 Å². The van der Waals surface area contributed by atoms with E-state index in [4.69, 9.17) is 11.5 Å². The minimum Gasteiger partial charge on any atom is -0.383 e. The number of alkyl halides is 1. The van der Waals surface area contributed by atoms with Gasteiger partial charge in [0.1, 0.15) is 11.6 Å². The second-order valence-corrected chi connectivity index (χ2v) is 5.48. The van der Waals surface area contributed by atoms with E-state index < -0.39 is 0 Å². The van der Waals surface area contributed by atoms with Gasteiger partial charge in [0, 0.05) is 16.6 Å². The summed E-state index contributed by atoms with van der Waals surface area (Å²) in [6.45, 7) is 2.16. The van der Waals surface area contributed by atoms with Gasteiger partial charge in [-0.2, -0.15) is 0 Å². The maximum absolute atomic E-state index is 5.57. The first-order valence-electron chi connectivity index (χ1n) is 4.78. The van der Waals surface area contributed by atoms with Crippen LogP contribution in [0.25, 0.3) is 0 Å². The summed E-state index contributed by atoms with van der Waals surface area (Å²) < 4.78 is 0. The average molecular weight is 291 g/mol. The molecule has 4 N–H and O–H groups in total. The smallest absolute Gasteiger partial charge is 0.191 e. The Labute approximate surface area is 102 Å². The Morgan fingerprint density at radius 1 is 1.40 bits per heavy atom. The van der Waals surface area contributed by atoms with Crippen LogP contribution in [0, 0.1) is 0 Å². The van der Waals surface area contributed by atoms with Gasteiger partial charge in [-0.25, -0.2) is 9.97 Å². The summed E-state index contributed by atoms with van der Waals surface area (Å²) in [5.74, 6) is 1.77. The SMILES string of the molecule is CCCC(Br)CSc1nc(N)cc(N)n1. The van der Waals surface area contributed by atoms with Crippen molar-refractivity contribution in [1.82, 2.24) is 9.97 Å². The molecule has 0 amide bonds. The number of halogens is 1. The predicted octanol–water partition coefficient (Wildman–Crippen LogP) is 2.30. The summed E-state index contributed by atoms with van der Waals surface area (Å²) in [5, 5.41) is 0.646. The van der Waals surface area contributed by atoms with Gasteiger partial charge in [0.25, 0.3) is 0 Å². The first kappa shape index (κ1) is 12.6. The topological polar surface area (TPSA) is 77.8 Å². The highest BCUT2D eigenvalue weighted by atomic mass is 79.9. The zero-order chi connectivity index (χ0) is 11.3. The van der Waals surface area contributed by atoms with Gasteiger partial charge in [-0.05, 0) is 6.42 Å². The summed E-state index contributed by atoms with van der Waals surface area (Å²) in [6.07, 6.45) is 2.31. The molecule has 1 atom stereocenters. The molecule has 15 heavy (non-hydrogen) atoms. The lowest BCUT2D eigenvalue weighted by atomic mass is 10.3. The third kappa shape index (κ3) is 4.70. The Morgan fingerprint density at radius 2 is 2.00 bits per heavy atom. The second kappa shape index (κ2) is 6.17. The van der Waals surface area contributed by atoms with Gasteiger partial charge < -0.3 is 11.5 Å². The highest BCUT2D eigenvalue weighted by Gasteiger charge is 2.06. The van der Waals surface area contributed by atoms with Crippen LogP contribution in [0.2, 0.25) is 0 Å². The molecular formula is C9H15BrN4S. The van der Waals surface area contributed by atoms with E-state index in [1.807, 2.05) is 0 Å². The molecule has 1 rings (SSSR count). The summed E-state index contributed by atoms with van der Waals surface area (Å²) in [7, 11) is 0. The molecule has 1 heterocycles. The summed E-state index contributed by atoms with van der Waals surface area (Å²) >= 11 is 5.16. The normalized spacial score (nSPS) is 12.7. The van der Waals surface area contributed by atoms with Crippen molar-refractivity contribution >= 4 is 39.3 Å². The van der Waals surface area contributed by atoms with Crippen LogP contribution in [0.3, 0.4) is 0 Å². The number of hydrogen-bond acceptors (Lipinski definition) is 5. The van der Waals surface area contributed by atoms with Crippen molar-refractivity contribution in [2.45, 2.75) is 29.7 Å².